The number of anilines is 1. The van der Waals surface area contributed by atoms with Gasteiger partial charge in [-0.1, -0.05) is 53.3 Å². The quantitative estimate of drug-likeness (QED) is 0.517. The van der Waals surface area contributed by atoms with E-state index in [9.17, 15) is 4.79 Å². The van der Waals surface area contributed by atoms with Gasteiger partial charge in [0, 0.05) is 15.5 Å². The van der Waals surface area contributed by atoms with E-state index in [4.69, 9.17) is 16.3 Å². The molecule has 2 N–H and O–H groups in total. The molecule has 5 nitrogen and oxygen atoms in total. The highest BCUT2D eigenvalue weighted by molar-refractivity contribution is 7.98. The number of benzene rings is 2. The normalized spacial score (nSPS) is 10.4. The predicted molar refractivity (Wildman–Crippen MR) is 108 cm³/mol. The van der Waals surface area contributed by atoms with Crippen LogP contribution in [-0.4, -0.2) is 17.6 Å². The van der Waals surface area contributed by atoms with Crippen LogP contribution in [0.3, 0.4) is 0 Å². The van der Waals surface area contributed by atoms with E-state index in [0.717, 1.165) is 10.5 Å². The van der Waals surface area contributed by atoms with Crippen molar-refractivity contribution in [1.82, 2.24) is 9.71 Å². The molecule has 2 aromatic carbocycles. The first-order chi connectivity index (χ1) is 12.7. The Balaban J connectivity index is 1.71. The molecule has 0 saturated carbocycles. The van der Waals surface area contributed by atoms with Crippen molar-refractivity contribution in [3.8, 4) is 16.5 Å². The van der Waals surface area contributed by atoms with Crippen LogP contribution in [0.25, 0.3) is 11.3 Å². The molecule has 0 unspecified atom stereocenters. The number of aromatic nitrogens is 1. The summed E-state index contributed by atoms with van der Waals surface area (Å²) >= 11 is 8.37. The molecule has 0 atom stereocenters. The fourth-order valence-electron chi connectivity index (χ4n) is 2.10. The minimum absolute atomic E-state index is 0.339. The van der Waals surface area contributed by atoms with Crippen molar-refractivity contribution in [1.29, 1.82) is 0 Å². The highest BCUT2D eigenvalue weighted by atomic mass is 35.5. The van der Waals surface area contributed by atoms with Crippen molar-refractivity contribution < 1.29 is 9.53 Å². The van der Waals surface area contributed by atoms with Gasteiger partial charge in [0.1, 0.15) is 10.7 Å². The zero-order chi connectivity index (χ0) is 18.4. The van der Waals surface area contributed by atoms with Gasteiger partial charge in [-0.2, -0.15) is 0 Å². The maximum atomic E-state index is 12.3. The summed E-state index contributed by atoms with van der Waals surface area (Å²) in [5, 5.41) is 4.65. The van der Waals surface area contributed by atoms with Crippen LogP contribution in [0.2, 0.25) is 5.02 Å². The second kappa shape index (κ2) is 8.93. The van der Waals surface area contributed by atoms with E-state index < -0.39 is 0 Å². The Labute approximate surface area is 164 Å². The third kappa shape index (κ3) is 4.91. The lowest BCUT2D eigenvalue weighted by Crippen LogP contribution is -2.22. The number of rotatable bonds is 6. The minimum Gasteiger partial charge on any atom is -0.470 e. The fourth-order valence-corrected chi connectivity index (χ4v) is 3.65. The molecule has 26 heavy (non-hydrogen) atoms. The molecule has 0 aliphatic rings. The number of carbonyl (C=O) groups excluding carboxylic acids is 1. The second-order valence-corrected chi connectivity index (χ2v) is 7.35. The molecule has 0 spiro atoms. The zero-order valence-corrected chi connectivity index (χ0v) is 16.3. The van der Waals surface area contributed by atoms with Crippen LogP contribution >= 0.6 is 34.9 Å². The number of nitrogens with one attached hydrogen (secondary N) is 2. The number of amides is 2. The summed E-state index contributed by atoms with van der Waals surface area (Å²) in [5.41, 5.74) is 1.60. The first-order valence-corrected chi connectivity index (χ1v) is 9.85. The molecule has 0 bridgehead atoms. The summed E-state index contributed by atoms with van der Waals surface area (Å²) in [6, 6.07) is 16.5. The molecular formula is C18H16ClN3O2S2. The molecule has 3 rings (SSSR count). The minimum atomic E-state index is -0.339. The van der Waals surface area contributed by atoms with Crippen LogP contribution in [0.15, 0.2) is 59.5 Å². The van der Waals surface area contributed by atoms with Gasteiger partial charge >= 0.3 is 6.03 Å². The lowest BCUT2D eigenvalue weighted by atomic mass is 10.2. The maximum Gasteiger partial charge on any atom is 0.330 e. The van der Waals surface area contributed by atoms with Gasteiger partial charge in [0.05, 0.1) is 6.61 Å². The van der Waals surface area contributed by atoms with Crippen LogP contribution < -0.4 is 14.8 Å². The Hall–Kier alpha value is -2.22. The summed E-state index contributed by atoms with van der Waals surface area (Å²) in [7, 11) is 0. The molecule has 8 heteroatoms. The van der Waals surface area contributed by atoms with Crippen LogP contribution in [0.5, 0.6) is 5.19 Å². The molecule has 1 heterocycles. The summed E-state index contributed by atoms with van der Waals surface area (Å²) < 4.78 is 8.24. The van der Waals surface area contributed by atoms with E-state index in [1.165, 1.54) is 23.3 Å². The maximum absolute atomic E-state index is 12.3. The fraction of sp³-hybridized carbons (Fsp3) is 0.111. The number of thiazole rings is 1. The topological polar surface area (TPSA) is 63.2 Å². The molecule has 3 aromatic rings. The van der Waals surface area contributed by atoms with Gasteiger partial charge in [0.15, 0.2) is 0 Å². The van der Waals surface area contributed by atoms with Gasteiger partial charge in [-0.05, 0) is 43.1 Å². The summed E-state index contributed by atoms with van der Waals surface area (Å²) in [6.07, 6.45) is 0. The predicted octanol–water partition coefficient (Wildman–Crippen LogP) is 5.69. The monoisotopic (exact) mass is 405 g/mol. The van der Waals surface area contributed by atoms with E-state index in [2.05, 4.69) is 15.0 Å². The molecule has 134 valence electrons. The molecule has 2 amide bonds. The number of hydrogen-bond donors (Lipinski definition) is 2. The zero-order valence-electron chi connectivity index (χ0n) is 13.9. The standard InChI is InChI=1S/C18H16ClN3O2S2/c1-2-24-18-20-15(12-6-4-3-5-7-12)16(25-18)21-17(23)22-26-14-10-8-13(19)9-11-14/h3-11H,2H2,1H3,(H2,21,22,23). The number of urea groups is 1. The number of ether oxygens (including phenoxy) is 1. The molecule has 0 radical (unpaired) electrons. The third-order valence-electron chi connectivity index (χ3n) is 3.22. The van der Waals surface area contributed by atoms with E-state index >= 15 is 0 Å². The van der Waals surface area contributed by atoms with E-state index in [1.807, 2.05) is 49.4 Å². The number of nitrogens with zero attached hydrogens (tertiary/aromatic N) is 1. The molecule has 1 aromatic heterocycles. The van der Waals surface area contributed by atoms with Gasteiger partial charge in [-0.15, -0.1) is 0 Å². The molecule has 0 aliphatic carbocycles. The van der Waals surface area contributed by atoms with Crippen molar-refractivity contribution in [3.63, 3.8) is 0 Å². The smallest absolute Gasteiger partial charge is 0.330 e. The van der Waals surface area contributed by atoms with Crippen molar-refractivity contribution in [2.75, 3.05) is 11.9 Å². The number of carbonyl (C=O) groups is 1. The molecule has 0 aliphatic heterocycles. The van der Waals surface area contributed by atoms with Gasteiger partial charge in [0.25, 0.3) is 5.19 Å². The molecule has 0 saturated heterocycles. The van der Waals surface area contributed by atoms with Crippen molar-refractivity contribution in [2.24, 2.45) is 0 Å². The lowest BCUT2D eigenvalue weighted by molar-refractivity contribution is 0.257. The van der Waals surface area contributed by atoms with Crippen molar-refractivity contribution >= 4 is 45.9 Å². The summed E-state index contributed by atoms with van der Waals surface area (Å²) in [4.78, 5) is 17.6. The summed E-state index contributed by atoms with van der Waals surface area (Å²) in [5.74, 6) is 0. The van der Waals surface area contributed by atoms with E-state index in [0.29, 0.717) is 27.5 Å². The third-order valence-corrected chi connectivity index (χ3v) is 5.16. The van der Waals surface area contributed by atoms with Gasteiger partial charge in [-0.25, -0.2) is 9.78 Å². The average molecular weight is 406 g/mol. The first kappa shape index (κ1) is 18.6. The Bertz CT molecular complexity index is 870. The average Bonchev–Trinajstić information content (AvgIpc) is 3.04. The van der Waals surface area contributed by atoms with Gasteiger partial charge < -0.3 is 4.74 Å². The van der Waals surface area contributed by atoms with Crippen LogP contribution in [0.1, 0.15) is 6.92 Å². The van der Waals surface area contributed by atoms with E-state index in [-0.39, 0.29) is 6.03 Å². The number of hydrogen-bond acceptors (Lipinski definition) is 5. The van der Waals surface area contributed by atoms with Gasteiger partial charge in [0.2, 0.25) is 0 Å². The number of halogens is 1. The van der Waals surface area contributed by atoms with Crippen LogP contribution in [0, 0.1) is 0 Å². The first-order valence-electron chi connectivity index (χ1n) is 7.84. The SMILES string of the molecule is CCOc1nc(-c2ccccc2)c(NC(=O)NSc2ccc(Cl)cc2)s1. The van der Waals surface area contributed by atoms with Crippen molar-refractivity contribution in [3.05, 3.63) is 59.6 Å². The highest BCUT2D eigenvalue weighted by Crippen LogP contribution is 2.37. The Morgan fingerprint density at radius 3 is 2.62 bits per heavy atom. The van der Waals surface area contributed by atoms with E-state index in [1.54, 1.807) is 12.1 Å². The Morgan fingerprint density at radius 2 is 1.92 bits per heavy atom. The highest BCUT2D eigenvalue weighted by Gasteiger charge is 2.16. The molecule has 0 fully saturated rings. The van der Waals surface area contributed by atoms with Crippen LogP contribution in [-0.2, 0) is 0 Å². The Kier molecular flexibility index (Phi) is 6.38. The summed E-state index contributed by atoms with van der Waals surface area (Å²) in [6.45, 7) is 2.41. The van der Waals surface area contributed by atoms with Crippen molar-refractivity contribution in [2.45, 2.75) is 11.8 Å². The second-order valence-electron chi connectivity index (χ2n) is 5.07. The lowest BCUT2D eigenvalue weighted by Gasteiger charge is -2.07. The van der Waals surface area contributed by atoms with Gasteiger partial charge in [-0.3, -0.25) is 10.0 Å². The largest absolute Gasteiger partial charge is 0.470 e. The van der Waals surface area contributed by atoms with Crippen LogP contribution in [0.4, 0.5) is 9.80 Å². The Morgan fingerprint density at radius 1 is 1.19 bits per heavy atom. The molecular weight excluding hydrogens is 390 g/mol.